The molecule has 7 nitrogen and oxygen atoms in total. The normalized spacial score (nSPS) is 11.5. The molecule has 0 aliphatic rings. The lowest BCUT2D eigenvalue weighted by atomic mass is 10.3. The SMILES string of the molecule is COc1ccc(Br)cc1S(=O)(=O)NCCc1ncno1. The van der Waals surface area contributed by atoms with Crippen molar-refractivity contribution in [3.8, 4) is 5.75 Å². The van der Waals surface area contributed by atoms with Crippen molar-refractivity contribution in [2.45, 2.75) is 11.3 Å². The Labute approximate surface area is 124 Å². The number of sulfonamides is 1. The molecule has 0 aliphatic carbocycles. The summed E-state index contributed by atoms with van der Waals surface area (Å²) >= 11 is 3.24. The molecule has 0 aliphatic heterocycles. The van der Waals surface area contributed by atoms with Crippen molar-refractivity contribution >= 4 is 26.0 Å². The minimum Gasteiger partial charge on any atom is -0.495 e. The van der Waals surface area contributed by atoms with E-state index in [9.17, 15) is 8.42 Å². The standard InChI is InChI=1S/C11H12BrN3O4S/c1-18-9-3-2-8(12)6-10(9)20(16,17)15-5-4-11-13-7-14-19-11/h2-3,6-7,15H,4-5H2,1H3. The van der Waals surface area contributed by atoms with E-state index < -0.39 is 10.0 Å². The van der Waals surface area contributed by atoms with Gasteiger partial charge in [0.1, 0.15) is 10.6 Å². The number of ether oxygens (including phenoxy) is 1. The van der Waals surface area contributed by atoms with E-state index in [2.05, 4.69) is 30.8 Å². The third kappa shape index (κ3) is 3.56. The third-order valence-corrected chi connectivity index (χ3v) is 4.43. The van der Waals surface area contributed by atoms with Crippen molar-refractivity contribution in [1.82, 2.24) is 14.9 Å². The average Bonchev–Trinajstić information content (AvgIpc) is 2.91. The van der Waals surface area contributed by atoms with Crippen LogP contribution in [0.15, 0.2) is 38.4 Å². The molecule has 20 heavy (non-hydrogen) atoms. The fraction of sp³-hybridized carbons (Fsp3) is 0.273. The summed E-state index contributed by atoms with van der Waals surface area (Å²) in [5, 5.41) is 3.44. The second-order valence-corrected chi connectivity index (χ2v) is 6.43. The monoisotopic (exact) mass is 361 g/mol. The van der Waals surface area contributed by atoms with Gasteiger partial charge in [-0.2, -0.15) is 4.98 Å². The van der Waals surface area contributed by atoms with Crippen LogP contribution in [-0.2, 0) is 16.4 Å². The summed E-state index contributed by atoms with van der Waals surface area (Å²) < 4.78 is 37.4. The van der Waals surface area contributed by atoms with Crippen molar-refractivity contribution in [1.29, 1.82) is 0 Å². The number of nitrogens with one attached hydrogen (secondary N) is 1. The molecule has 0 saturated heterocycles. The maximum atomic E-state index is 12.2. The topological polar surface area (TPSA) is 94.3 Å². The molecule has 0 fully saturated rings. The van der Waals surface area contributed by atoms with Gasteiger partial charge < -0.3 is 9.26 Å². The molecule has 2 rings (SSSR count). The number of methoxy groups -OCH3 is 1. The van der Waals surface area contributed by atoms with Crippen molar-refractivity contribution in [3.05, 3.63) is 34.9 Å². The minimum atomic E-state index is -3.67. The number of halogens is 1. The highest BCUT2D eigenvalue weighted by Gasteiger charge is 2.19. The first-order valence-electron chi connectivity index (χ1n) is 5.61. The molecule has 0 bridgehead atoms. The van der Waals surface area contributed by atoms with Crippen LogP contribution in [-0.4, -0.2) is 32.2 Å². The second kappa shape index (κ2) is 6.33. The van der Waals surface area contributed by atoms with Crippen molar-refractivity contribution in [2.75, 3.05) is 13.7 Å². The molecule has 1 N–H and O–H groups in total. The van der Waals surface area contributed by atoms with E-state index in [1.165, 1.54) is 19.5 Å². The lowest BCUT2D eigenvalue weighted by Gasteiger charge is -2.10. The molecule has 0 radical (unpaired) electrons. The Morgan fingerprint density at radius 2 is 2.25 bits per heavy atom. The van der Waals surface area contributed by atoms with Crippen LogP contribution in [0.2, 0.25) is 0 Å². The van der Waals surface area contributed by atoms with E-state index in [1.54, 1.807) is 12.1 Å². The number of nitrogens with zero attached hydrogens (tertiary/aromatic N) is 2. The summed E-state index contributed by atoms with van der Waals surface area (Å²) in [6.07, 6.45) is 1.58. The number of hydrogen-bond donors (Lipinski definition) is 1. The van der Waals surface area contributed by atoms with Gasteiger partial charge in [0, 0.05) is 17.4 Å². The smallest absolute Gasteiger partial charge is 0.244 e. The maximum Gasteiger partial charge on any atom is 0.244 e. The molecule has 0 unspecified atom stereocenters. The van der Waals surface area contributed by atoms with Gasteiger partial charge in [0.15, 0.2) is 6.33 Å². The third-order valence-electron chi connectivity index (χ3n) is 2.45. The van der Waals surface area contributed by atoms with Crippen LogP contribution in [0.1, 0.15) is 5.89 Å². The summed E-state index contributed by atoms with van der Waals surface area (Å²) in [4.78, 5) is 3.88. The van der Waals surface area contributed by atoms with Crippen LogP contribution in [0.3, 0.4) is 0 Å². The van der Waals surface area contributed by atoms with Crippen LogP contribution in [0, 0.1) is 0 Å². The summed E-state index contributed by atoms with van der Waals surface area (Å²) in [7, 11) is -2.26. The largest absolute Gasteiger partial charge is 0.495 e. The van der Waals surface area contributed by atoms with Gasteiger partial charge in [0.25, 0.3) is 0 Å². The summed E-state index contributed by atoms with van der Waals surface area (Å²) in [6, 6.07) is 4.76. The summed E-state index contributed by atoms with van der Waals surface area (Å²) in [5.74, 6) is 0.646. The number of aromatic nitrogens is 2. The molecule has 1 aromatic carbocycles. The molecule has 2 aromatic rings. The second-order valence-electron chi connectivity index (χ2n) is 3.78. The van der Waals surface area contributed by atoms with E-state index in [4.69, 9.17) is 9.26 Å². The molecular weight excluding hydrogens is 350 g/mol. The van der Waals surface area contributed by atoms with Crippen LogP contribution >= 0.6 is 15.9 Å². The van der Waals surface area contributed by atoms with Crippen LogP contribution in [0.5, 0.6) is 5.75 Å². The van der Waals surface area contributed by atoms with Gasteiger partial charge in [0.05, 0.1) is 7.11 Å². The zero-order valence-electron chi connectivity index (χ0n) is 10.5. The first kappa shape index (κ1) is 14.9. The van der Waals surface area contributed by atoms with E-state index >= 15 is 0 Å². The highest BCUT2D eigenvalue weighted by Crippen LogP contribution is 2.26. The predicted molar refractivity (Wildman–Crippen MR) is 73.9 cm³/mol. The van der Waals surface area contributed by atoms with Crippen molar-refractivity contribution in [2.24, 2.45) is 0 Å². The van der Waals surface area contributed by atoms with Gasteiger partial charge in [-0.3, -0.25) is 0 Å². The van der Waals surface area contributed by atoms with E-state index in [0.717, 1.165) is 0 Å². The van der Waals surface area contributed by atoms with Crippen molar-refractivity contribution < 1.29 is 17.7 Å². The first-order valence-corrected chi connectivity index (χ1v) is 7.89. The minimum absolute atomic E-state index is 0.0694. The molecule has 1 heterocycles. The fourth-order valence-corrected chi connectivity index (χ4v) is 3.27. The Bertz CT molecular complexity index is 673. The predicted octanol–water partition coefficient (Wildman–Crippen LogP) is 1.36. The zero-order chi connectivity index (χ0) is 14.6. The lowest BCUT2D eigenvalue weighted by molar-refractivity contribution is 0.377. The molecule has 0 atom stereocenters. The Balaban J connectivity index is 2.11. The molecular formula is C11H12BrN3O4S. The van der Waals surface area contributed by atoms with Gasteiger partial charge in [-0.05, 0) is 18.2 Å². The summed E-state index contributed by atoms with van der Waals surface area (Å²) in [5.41, 5.74) is 0. The van der Waals surface area contributed by atoms with Crippen LogP contribution in [0.4, 0.5) is 0 Å². The van der Waals surface area contributed by atoms with Crippen LogP contribution in [0.25, 0.3) is 0 Å². The Hall–Kier alpha value is -1.45. The van der Waals surface area contributed by atoms with Gasteiger partial charge in [-0.25, -0.2) is 13.1 Å². The van der Waals surface area contributed by atoms with Gasteiger partial charge in [0.2, 0.25) is 15.9 Å². The Morgan fingerprint density at radius 3 is 2.90 bits per heavy atom. The highest BCUT2D eigenvalue weighted by molar-refractivity contribution is 9.10. The van der Waals surface area contributed by atoms with E-state index in [-0.39, 0.29) is 17.2 Å². The number of rotatable bonds is 6. The quantitative estimate of drug-likeness (QED) is 0.834. The zero-order valence-corrected chi connectivity index (χ0v) is 12.9. The number of benzene rings is 1. The van der Waals surface area contributed by atoms with Crippen molar-refractivity contribution in [3.63, 3.8) is 0 Å². The van der Waals surface area contributed by atoms with E-state index in [0.29, 0.717) is 16.8 Å². The first-order chi connectivity index (χ1) is 9.53. The fourth-order valence-electron chi connectivity index (χ4n) is 1.54. The van der Waals surface area contributed by atoms with Crippen LogP contribution < -0.4 is 9.46 Å². The van der Waals surface area contributed by atoms with Gasteiger partial charge in [-0.1, -0.05) is 21.1 Å². The Morgan fingerprint density at radius 1 is 1.45 bits per heavy atom. The van der Waals surface area contributed by atoms with Gasteiger partial charge >= 0.3 is 0 Å². The lowest BCUT2D eigenvalue weighted by Crippen LogP contribution is -2.26. The average molecular weight is 362 g/mol. The number of hydrogen-bond acceptors (Lipinski definition) is 6. The molecule has 1 aromatic heterocycles. The maximum absolute atomic E-state index is 12.2. The van der Waals surface area contributed by atoms with E-state index in [1.807, 2.05) is 0 Å². The molecule has 108 valence electrons. The molecule has 9 heteroatoms. The Kier molecular flexibility index (Phi) is 4.73. The molecule has 0 saturated carbocycles. The van der Waals surface area contributed by atoms with Gasteiger partial charge in [-0.15, -0.1) is 0 Å². The molecule has 0 spiro atoms. The highest BCUT2D eigenvalue weighted by atomic mass is 79.9. The summed E-state index contributed by atoms with van der Waals surface area (Å²) in [6.45, 7) is 0.153. The molecule has 0 amide bonds.